The number of aliphatic carboxylic acids is 1. The molecule has 3 nitrogen and oxygen atoms in total. The number of carboxylic acids is 1. The average molecular weight is 242 g/mol. The average Bonchev–Trinajstić information content (AvgIpc) is 2.20. The number of rotatable bonds is 3. The Morgan fingerprint density at radius 3 is 2.50 bits per heavy atom. The van der Waals surface area contributed by atoms with E-state index in [0.717, 1.165) is 22.3 Å². The summed E-state index contributed by atoms with van der Waals surface area (Å²) in [6, 6.07) is 0.992. The summed E-state index contributed by atoms with van der Waals surface area (Å²) in [7, 11) is 0. The molecular formula is C12H16ClNO2. The van der Waals surface area contributed by atoms with Gasteiger partial charge in [0.05, 0.1) is 0 Å². The summed E-state index contributed by atoms with van der Waals surface area (Å²) in [5.74, 6) is -0.980. The molecule has 88 valence electrons. The van der Waals surface area contributed by atoms with E-state index < -0.39 is 12.0 Å². The molecule has 0 aliphatic carbocycles. The van der Waals surface area contributed by atoms with E-state index >= 15 is 0 Å². The highest BCUT2D eigenvalue weighted by Gasteiger charge is 2.16. The van der Waals surface area contributed by atoms with E-state index in [9.17, 15) is 4.79 Å². The third-order valence-corrected chi connectivity index (χ3v) is 3.33. The van der Waals surface area contributed by atoms with Gasteiger partial charge in [0, 0.05) is 5.02 Å². The van der Waals surface area contributed by atoms with Gasteiger partial charge >= 0.3 is 5.97 Å². The Hall–Kier alpha value is -1.06. The molecule has 0 amide bonds. The lowest BCUT2D eigenvalue weighted by Gasteiger charge is -2.15. The Bertz CT molecular complexity index is 430. The maximum atomic E-state index is 10.7. The van der Waals surface area contributed by atoms with Gasteiger partial charge in [-0.15, -0.1) is 0 Å². The lowest BCUT2D eigenvalue weighted by molar-refractivity contribution is -0.138. The van der Waals surface area contributed by atoms with Crippen LogP contribution in [-0.2, 0) is 11.2 Å². The lowest BCUT2D eigenvalue weighted by atomic mass is 9.93. The molecule has 4 heteroatoms. The fourth-order valence-electron chi connectivity index (χ4n) is 1.71. The van der Waals surface area contributed by atoms with Crippen LogP contribution in [0.4, 0.5) is 0 Å². The first-order valence-electron chi connectivity index (χ1n) is 5.08. The zero-order chi connectivity index (χ0) is 12.5. The molecule has 0 aliphatic rings. The van der Waals surface area contributed by atoms with Crippen molar-refractivity contribution in [1.29, 1.82) is 0 Å². The molecule has 0 aromatic heterocycles. The largest absolute Gasteiger partial charge is 0.480 e. The predicted molar refractivity (Wildman–Crippen MR) is 65.0 cm³/mol. The second-order valence-corrected chi connectivity index (χ2v) is 4.46. The molecule has 0 heterocycles. The third-order valence-electron chi connectivity index (χ3n) is 2.93. The Kier molecular flexibility index (Phi) is 3.94. The van der Waals surface area contributed by atoms with E-state index in [0.29, 0.717) is 11.4 Å². The second kappa shape index (κ2) is 4.85. The summed E-state index contributed by atoms with van der Waals surface area (Å²) < 4.78 is 0. The first-order valence-corrected chi connectivity index (χ1v) is 5.46. The van der Waals surface area contributed by atoms with E-state index in [1.54, 1.807) is 0 Å². The van der Waals surface area contributed by atoms with Crippen LogP contribution in [0.2, 0.25) is 5.02 Å². The van der Waals surface area contributed by atoms with Crippen molar-refractivity contribution < 1.29 is 9.90 Å². The molecule has 3 N–H and O–H groups in total. The van der Waals surface area contributed by atoms with E-state index in [1.165, 1.54) is 0 Å². The molecule has 1 aromatic carbocycles. The predicted octanol–water partition coefficient (Wildman–Crippen LogP) is 2.22. The van der Waals surface area contributed by atoms with Crippen molar-refractivity contribution >= 4 is 17.6 Å². The number of hydrogen-bond acceptors (Lipinski definition) is 2. The number of aryl methyl sites for hydroxylation is 1. The summed E-state index contributed by atoms with van der Waals surface area (Å²) in [4.78, 5) is 10.7. The van der Waals surface area contributed by atoms with Crippen LogP contribution in [0.3, 0.4) is 0 Å². The number of halogens is 1. The molecule has 16 heavy (non-hydrogen) atoms. The smallest absolute Gasteiger partial charge is 0.320 e. The van der Waals surface area contributed by atoms with Crippen molar-refractivity contribution in [3.8, 4) is 0 Å². The Morgan fingerprint density at radius 1 is 1.44 bits per heavy atom. The van der Waals surface area contributed by atoms with Gasteiger partial charge in [0.1, 0.15) is 6.04 Å². The molecule has 0 saturated heterocycles. The van der Waals surface area contributed by atoms with Gasteiger partial charge in [0.25, 0.3) is 0 Å². The minimum atomic E-state index is -0.980. The molecule has 1 aromatic rings. The quantitative estimate of drug-likeness (QED) is 0.853. The fourth-order valence-corrected chi connectivity index (χ4v) is 2.01. The topological polar surface area (TPSA) is 63.3 Å². The summed E-state index contributed by atoms with van der Waals surface area (Å²) in [5.41, 5.74) is 9.53. The van der Waals surface area contributed by atoms with Crippen LogP contribution in [0.5, 0.6) is 0 Å². The van der Waals surface area contributed by atoms with Gasteiger partial charge in [-0.05, 0) is 55.5 Å². The maximum absolute atomic E-state index is 10.7. The van der Waals surface area contributed by atoms with E-state index in [2.05, 4.69) is 0 Å². The van der Waals surface area contributed by atoms with Crippen LogP contribution in [0.25, 0.3) is 0 Å². The minimum absolute atomic E-state index is 0.338. The number of hydrogen-bond donors (Lipinski definition) is 2. The highest BCUT2D eigenvalue weighted by molar-refractivity contribution is 6.31. The molecule has 0 aliphatic heterocycles. The van der Waals surface area contributed by atoms with E-state index in [-0.39, 0.29) is 0 Å². The Balaban J connectivity index is 3.14. The molecule has 0 fully saturated rings. The van der Waals surface area contributed by atoms with Gasteiger partial charge in [-0.1, -0.05) is 11.6 Å². The van der Waals surface area contributed by atoms with E-state index in [4.69, 9.17) is 22.4 Å². The SMILES string of the molecule is Cc1cc(Cl)c(C)c(C)c1CC(N)C(=O)O. The number of carboxylic acid groups (broad SMARTS) is 1. The van der Waals surface area contributed by atoms with Crippen LogP contribution < -0.4 is 5.73 Å². The zero-order valence-corrected chi connectivity index (χ0v) is 10.4. The number of benzene rings is 1. The maximum Gasteiger partial charge on any atom is 0.320 e. The number of carbonyl (C=O) groups is 1. The van der Waals surface area contributed by atoms with Crippen molar-refractivity contribution in [2.45, 2.75) is 33.2 Å². The monoisotopic (exact) mass is 241 g/mol. The van der Waals surface area contributed by atoms with Gasteiger partial charge in [0.15, 0.2) is 0 Å². The van der Waals surface area contributed by atoms with Crippen molar-refractivity contribution in [3.05, 3.63) is 33.3 Å². The molecule has 0 saturated carbocycles. The molecule has 0 bridgehead atoms. The van der Waals surface area contributed by atoms with Crippen LogP contribution in [0.1, 0.15) is 22.3 Å². The normalized spacial score (nSPS) is 12.6. The molecule has 1 unspecified atom stereocenters. The fraction of sp³-hybridized carbons (Fsp3) is 0.417. The lowest BCUT2D eigenvalue weighted by Crippen LogP contribution is -2.32. The molecule has 1 atom stereocenters. The van der Waals surface area contributed by atoms with Crippen LogP contribution in [0, 0.1) is 20.8 Å². The number of nitrogens with two attached hydrogens (primary N) is 1. The summed E-state index contributed by atoms with van der Waals surface area (Å²) in [6.45, 7) is 5.78. The van der Waals surface area contributed by atoms with Crippen molar-refractivity contribution in [3.63, 3.8) is 0 Å². The molecule has 0 spiro atoms. The van der Waals surface area contributed by atoms with Gasteiger partial charge in [-0.25, -0.2) is 0 Å². The van der Waals surface area contributed by atoms with Crippen molar-refractivity contribution in [1.82, 2.24) is 0 Å². The molecule has 1 rings (SSSR count). The second-order valence-electron chi connectivity index (χ2n) is 4.05. The van der Waals surface area contributed by atoms with Crippen molar-refractivity contribution in [2.75, 3.05) is 0 Å². The van der Waals surface area contributed by atoms with Crippen LogP contribution in [-0.4, -0.2) is 17.1 Å². The standard InChI is InChI=1S/C12H16ClNO2/c1-6-4-10(13)8(3)7(2)9(6)5-11(14)12(15)16/h4,11H,5,14H2,1-3H3,(H,15,16). The molecular weight excluding hydrogens is 226 g/mol. The third kappa shape index (κ3) is 2.54. The molecule has 0 radical (unpaired) electrons. The highest BCUT2D eigenvalue weighted by atomic mass is 35.5. The first-order chi connectivity index (χ1) is 7.34. The van der Waals surface area contributed by atoms with Crippen molar-refractivity contribution in [2.24, 2.45) is 5.73 Å². The highest BCUT2D eigenvalue weighted by Crippen LogP contribution is 2.26. The Morgan fingerprint density at radius 2 is 2.00 bits per heavy atom. The van der Waals surface area contributed by atoms with E-state index in [1.807, 2.05) is 26.8 Å². The Labute approximate surface area is 100 Å². The summed E-state index contributed by atoms with van der Waals surface area (Å²) in [6.07, 6.45) is 0.338. The summed E-state index contributed by atoms with van der Waals surface area (Å²) >= 11 is 6.04. The summed E-state index contributed by atoms with van der Waals surface area (Å²) in [5, 5.41) is 9.51. The van der Waals surface area contributed by atoms with Gasteiger partial charge in [-0.2, -0.15) is 0 Å². The van der Waals surface area contributed by atoms with Gasteiger partial charge in [-0.3, -0.25) is 4.79 Å². The minimum Gasteiger partial charge on any atom is -0.480 e. The van der Waals surface area contributed by atoms with Crippen LogP contribution in [0.15, 0.2) is 6.07 Å². The van der Waals surface area contributed by atoms with Gasteiger partial charge < -0.3 is 10.8 Å². The van der Waals surface area contributed by atoms with Gasteiger partial charge in [0.2, 0.25) is 0 Å². The van der Waals surface area contributed by atoms with Crippen LogP contribution >= 0.6 is 11.6 Å². The first kappa shape index (κ1) is 13.0. The zero-order valence-electron chi connectivity index (χ0n) is 9.67.